The summed E-state index contributed by atoms with van der Waals surface area (Å²) in [6.07, 6.45) is 7.21. The fraction of sp³-hybridized carbons (Fsp3) is 0.158. The second kappa shape index (κ2) is 6.39. The minimum atomic E-state index is -0.268. The Labute approximate surface area is 144 Å². The lowest BCUT2D eigenvalue weighted by Gasteiger charge is -2.05. The minimum Gasteiger partial charge on any atom is -0.309 e. The van der Waals surface area contributed by atoms with Crippen LogP contribution in [0, 0.1) is 11.7 Å². The van der Waals surface area contributed by atoms with Crippen molar-refractivity contribution in [3.63, 3.8) is 0 Å². The Bertz CT molecular complexity index is 882. The number of aromatic nitrogens is 3. The topological polar surface area (TPSA) is 67.8 Å². The third kappa shape index (κ3) is 3.38. The van der Waals surface area contributed by atoms with Crippen LogP contribution in [0.3, 0.4) is 0 Å². The molecule has 2 unspecified atom stereocenters. The number of hydrogen-bond donors (Lipinski definition) is 1. The average molecular weight is 334 g/mol. The highest BCUT2D eigenvalue weighted by molar-refractivity contribution is 5.94. The van der Waals surface area contributed by atoms with Gasteiger partial charge in [0, 0.05) is 30.1 Å². The van der Waals surface area contributed by atoms with E-state index in [-0.39, 0.29) is 23.6 Å². The maximum atomic E-state index is 13.0. The third-order valence-electron chi connectivity index (χ3n) is 4.30. The van der Waals surface area contributed by atoms with Gasteiger partial charge in [-0.05, 0) is 48.2 Å². The zero-order valence-corrected chi connectivity index (χ0v) is 13.3. The molecular weight excluding hydrogens is 319 g/mol. The number of carbonyl (C=O) groups excluding carboxylic acids is 1. The molecule has 0 radical (unpaired) electrons. The molecule has 1 amide bonds. The molecule has 1 saturated carbocycles. The van der Waals surface area contributed by atoms with E-state index in [1.165, 1.54) is 24.5 Å². The van der Waals surface area contributed by atoms with Crippen LogP contribution in [0.2, 0.25) is 0 Å². The van der Waals surface area contributed by atoms with Crippen molar-refractivity contribution in [1.82, 2.24) is 15.0 Å². The summed E-state index contributed by atoms with van der Waals surface area (Å²) >= 11 is 0. The van der Waals surface area contributed by atoms with Crippen LogP contribution in [-0.2, 0) is 4.79 Å². The first-order valence-electron chi connectivity index (χ1n) is 7.99. The molecule has 2 aromatic heterocycles. The number of hydrogen-bond acceptors (Lipinski definition) is 4. The van der Waals surface area contributed by atoms with Crippen molar-refractivity contribution in [2.24, 2.45) is 5.92 Å². The monoisotopic (exact) mass is 334 g/mol. The lowest BCUT2D eigenvalue weighted by molar-refractivity contribution is -0.117. The molecule has 6 heteroatoms. The van der Waals surface area contributed by atoms with Crippen molar-refractivity contribution < 1.29 is 9.18 Å². The summed E-state index contributed by atoms with van der Waals surface area (Å²) in [7, 11) is 0. The molecule has 1 aromatic carbocycles. The molecule has 1 aliphatic carbocycles. The zero-order chi connectivity index (χ0) is 17.2. The largest absolute Gasteiger partial charge is 0.309 e. The second-order valence-corrected chi connectivity index (χ2v) is 6.01. The standard InChI is InChI=1S/C19H15FN4O/c20-14-4-1-12(2-5-14)17-6-3-13(10-23-17)15-9-16(15)19(25)24-18-11-21-7-8-22-18/h1-8,10-11,15-16H,9H2,(H,22,24,25). The molecule has 0 spiro atoms. The summed E-state index contributed by atoms with van der Waals surface area (Å²) in [4.78, 5) is 24.7. The van der Waals surface area contributed by atoms with E-state index in [0.29, 0.717) is 5.82 Å². The first-order chi connectivity index (χ1) is 12.2. The van der Waals surface area contributed by atoms with E-state index in [4.69, 9.17) is 0 Å². The van der Waals surface area contributed by atoms with Crippen LogP contribution in [-0.4, -0.2) is 20.9 Å². The predicted molar refractivity (Wildman–Crippen MR) is 91.1 cm³/mol. The SMILES string of the molecule is O=C(Nc1cnccn1)C1CC1c1ccc(-c2ccc(F)cc2)nc1. The Morgan fingerprint density at radius 1 is 1.04 bits per heavy atom. The highest BCUT2D eigenvalue weighted by Crippen LogP contribution is 2.47. The smallest absolute Gasteiger partial charge is 0.229 e. The Kier molecular flexibility index (Phi) is 3.93. The molecule has 2 heterocycles. The van der Waals surface area contributed by atoms with Crippen molar-refractivity contribution in [3.8, 4) is 11.3 Å². The summed E-state index contributed by atoms with van der Waals surface area (Å²) in [5, 5.41) is 2.78. The predicted octanol–water partition coefficient (Wildman–Crippen LogP) is 3.42. The van der Waals surface area contributed by atoms with E-state index < -0.39 is 0 Å². The Morgan fingerprint density at radius 2 is 1.88 bits per heavy atom. The molecule has 1 aliphatic rings. The van der Waals surface area contributed by atoms with Crippen LogP contribution in [0.4, 0.5) is 10.2 Å². The lowest BCUT2D eigenvalue weighted by atomic mass is 10.1. The number of anilines is 1. The van der Waals surface area contributed by atoms with Gasteiger partial charge in [-0.15, -0.1) is 0 Å². The van der Waals surface area contributed by atoms with Crippen molar-refractivity contribution >= 4 is 11.7 Å². The van der Waals surface area contributed by atoms with Crippen LogP contribution >= 0.6 is 0 Å². The average Bonchev–Trinajstić information content (AvgIpc) is 3.44. The number of amides is 1. The first-order valence-corrected chi connectivity index (χ1v) is 7.99. The maximum Gasteiger partial charge on any atom is 0.229 e. The van der Waals surface area contributed by atoms with Crippen molar-refractivity contribution in [2.45, 2.75) is 12.3 Å². The van der Waals surface area contributed by atoms with Gasteiger partial charge in [-0.2, -0.15) is 0 Å². The van der Waals surface area contributed by atoms with Gasteiger partial charge in [-0.3, -0.25) is 14.8 Å². The molecule has 4 rings (SSSR count). The van der Waals surface area contributed by atoms with Gasteiger partial charge < -0.3 is 5.32 Å². The Hall–Kier alpha value is -3.15. The summed E-state index contributed by atoms with van der Waals surface area (Å²) < 4.78 is 13.0. The van der Waals surface area contributed by atoms with Crippen LogP contribution in [0.1, 0.15) is 17.9 Å². The summed E-state index contributed by atoms with van der Waals surface area (Å²) in [5.74, 6) is 0.248. The van der Waals surface area contributed by atoms with Gasteiger partial charge in [0.15, 0.2) is 5.82 Å². The third-order valence-corrected chi connectivity index (χ3v) is 4.30. The van der Waals surface area contributed by atoms with Gasteiger partial charge >= 0.3 is 0 Å². The number of halogens is 1. The number of carbonyl (C=O) groups is 1. The molecule has 1 fully saturated rings. The highest BCUT2D eigenvalue weighted by atomic mass is 19.1. The van der Waals surface area contributed by atoms with Gasteiger partial charge in [0.05, 0.1) is 11.9 Å². The number of nitrogens with one attached hydrogen (secondary N) is 1. The number of benzene rings is 1. The number of pyridine rings is 1. The molecule has 2 atom stereocenters. The quantitative estimate of drug-likeness (QED) is 0.794. The van der Waals surface area contributed by atoms with E-state index in [2.05, 4.69) is 20.3 Å². The molecule has 0 aliphatic heterocycles. The van der Waals surface area contributed by atoms with E-state index in [0.717, 1.165) is 23.2 Å². The first kappa shape index (κ1) is 15.4. The normalized spacial score (nSPS) is 18.6. The van der Waals surface area contributed by atoms with Gasteiger partial charge in [0.1, 0.15) is 5.82 Å². The second-order valence-electron chi connectivity index (χ2n) is 6.01. The molecule has 5 nitrogen and oxygen atoms in total. The Balaban J connectivity index is 1.42. The minimum absolute atomic E-state index is 0.0480. The zero-order valence-electron chi connectivity index (χ0n) is 13.3. The molecule has 0 bridgehead atoms. The number of rotatable bonds is 4. The Morgan fingerprint density at radius 3 is 2.56 bits per heavy atom. The van der Waals surface area contributed by atoms with E-state index in [1.54, 1.807) is 24.5 Å². The van der Waals surface area contributed by atoms with Gasteiger partial charge in [-0.1, -0.05) is 6.07 Å². The number of nitrogens with zero attached hydrogens (tertiary/aromatic N) is 3. The highest BCUT2D eigenvalue weighted by Gasteiger charge is 2.44. The van der Waals surface area contributed by atoms with Crippen LogP contribution < -0.4 is 5.32 Å². The maximum absolute atomic E-state index is 13.0. The van der Waals surface area contributed by atoms with Crippen molar-refractivity contribution in [3.05, 3.63) is 72.6 Å². The summed E-state index contributed by atoms with van der Waals surface area (Å²) in [5.41, 5.74) is 2.68. The van der Waals surface area contributed by atoms with Gasteiger partial charge in [0.2, 0.25) is 5.91 Å². The van der Waals surface area contributed by atoms with Crippen LogP contribution in [0.15, 0.2) is 61.2 Å². The van der Waals surface area contributed by atoms with Gasteiger partial charge in [0.25, 0.3) is 0 Å². The molecule has 25 heavy (non-hydrogen) atoms. The fourth-order valence-electron chi connectivity index (χ4n) is 2.85. The lowest BCUT2D eigenvalue weighted by Crippen LogP contribution is -2.15. The van der Waals surface area contributed by atoms with E-state index in [9.17, 15) is 9.18 Å². The molecule has 3 aromatic rings. The summed E-state index contributed by atoms with van der Waals surface area (Å²) in [6.45, 7) is 0. The van der Waals surface area contributed by atoms with Crippen LogP contribution in [0.25, 0.3) is 11.3 Å². The molecular formula is C19H15FN4O. The van der Waals surface area contributed by atoms with Crippen LogP contribution in [0.5, 0.6) is 0 Å². The summed E-state index contributed by atoms with van der Waals surface area (Å²) in [6, 6.07) is 10.1. The fourth-order valence-corrected chi connectivity index (χ4v) is 2.85. The molecule has 0 saturated heterocycles. The molecule has 124 valence electrons. The van der Waals surface area contributed by atoms with Gasteiger partial charge in [-0.25, -0.2) is 9.37 Å². The van der Waals surface area contributed by atoms with Crippen molar-refractivity contribution in [2.75, 3.05) is 5.32 Å². The van der Waals surface area contributed by atoms with E-state index >= 15 is 0 Å². The molecule has 1 N–H and O–H groups in total. The van der Waals surface area contributed by atoms with Crippen molar-refractivity contribution in [1.29, 1.82) is 0 Å². The van der Waals surface area contributed by atoms with E-state index in [1.807, 2.05) is 12.1 Å².